The van der Waals surface area contributed by atoms with E-state index in [9.17, 15) is 18.5 Å². The monoisotopic (exact) mass is 284 g/mol. The summed E-state index contributed by atoms with van der Waals surface area (Å²) in [5.41, 5.74) is -0.203. The van der Waals surface area contributed by atoms with Gasteiger partial charge in [-0.3, -0.25) is 10.1 Å². The number of rotatable bonds is 3. The molecule has 0 aromatic heterocycles. The van der Waals surface area contributed by atoms with Gasteiger partial charge in [-0.2, -0.15) is 4.31 Å². The van der Waals surface area contributed by atoms with Crippen LogP contribution in [0.5, 0.6) is 0 Å². The summed E-state index contributed by atoms with van der Waals surface area (Å²) in [6.45, 7) is 2.35. The zero-order valence-electron chi connectivity index (χ0n) is 10.7. The maximum atomic E-state index is 12.5. The molecule has 0 amide bonds. The average molecular weight is 284 g/mol. The molecule has 1 fully saturated rings. The van der Waals surface area contributed by atoms with Crippen molar-refractivity contribution in [2.45, 2.75) is 37.1 Å². The number of hydrogen-bond acceptors (Lipinski definition) is 4. The number of nitro groups is 1. The molecule has 1 saturated heterocycles. The molecule has 0 bridgehead atoms. The maximum absolute atomic E-state index is 12.5. The van der Waals surface area contributed by atoms with E-state index in [2.05, 4.69) is 0 Å². The molecule has 0 unspecified atom stereocenters. The second kappa shape index (κ2) is 5.26. The number of benzene rings is 1. The molecule has 0 aliphatic carbocycles. The number of nitro benzene ring substituents is 1. The average Bonchev–Trinajstić information content (AvgIpc) is 2.39. The van der Waals surface area contributed by atoms with E-state index in [1.165, 1.54) is 22.5 Å². The van der Waals surface area contributed by atoms with Gasteiger partial charge in [-0.1, -0.05) is 12.5 Å². The Hall–Kier alpha value is -1.47. The molecule has 19 heavy (non-hydrogen) atoms. The van der Waals surface area contributed by atoms with Gasteiger partial charge in [0, 0.05) is 24.7 Å². The lowest BCUT2D eigenvalue weighted by molar-refractivity contribution is -0.385. The fourth-order valence-electron chi connectivity index (χ4n) is 2.32. The van der Waals surface area contributed by atoms with Crippen molar-refractivity contribution in [3.63, 3.8) is 0 Å². The molecule has 0 spiro atoms. The Labute approximate surface area is 112 Å². The van der Waals surface area contributed by atoms with Gasteiger partial charge in [-0.05, 0) is 25.8 Å². The van der Waals surface area contributed by atoms with E-state index in [0.717, 1.165) is 25.3 Å². The highest BCUT2D eigenvalue weighted by Gasteiger charge is 2.31. The SMILES string of the molecule is C[C@@H]1CCCCN1S(=O)(=O)c1cccc([N+](=O)[O-])c1. The van der Waals surface area contributed by atoms with Crippen LogP contribution < -0.4 is 0 Å². The molecule has 6 nitrogen and oxygen atoms in total. The number of piperidine rings is 1. The minimum absolute atomic E-state index is 0.00421. The lowest BCUT2D eigenvalue weighted by Gasteiger charge is -2.32. The predicted octanol–water partition coefficient (Wildman–Crippen LogP) is 2.16. The normalized spacial score (nSPS) is 21.2. The van der Waals surface area contributed by atoms with Gasteiger partial charge in [-0.25, -0.2) is 8.42 Å². The van der Waals surface area contributed by atoms with Gasteiger partial charge in [0.05, 0.1) is 9.82 Å². The molecule has 104 valence electrons. The summed E-state index contributed by atoms with van der Waals surface area (Å²) in [5.74, 6) is 0. The first-order valence-corrected chi connectivity index (χ1v) is 7.63. The van der Waals surface area contributed by atoms with Crippen molar-refractivity contribution in [2.75, 3.05) is 6.54 Å². The smallest absolute Gasteiger partial charge is 0.258 e. The maximum Gasteiger partial charge on any atom is 0.270 e. The number of sulfonamides is 1. The largest absolute Gasteiger partial charge is 0.270 e. The van der Waals surface area contributed by atoms with Crippen LogP contribution in [0.15, 0.2) is 29.2 Å². The standard InChI is InChI=1S/C12H16N2O4S/c1-10-5-2-3-8-13(10)19(17,18)12-7-4-6-11(9-12)14(15)16/h4,6-7,9-10H,2-3,5,8H2,1H3/t10-/m1/s1. The van der Waals surface area contributed by atoms with Gasteiger partial charge in [0.2, 0.25) is 10.0 Å². The van der Waals surface area contributed by atoms with Crippen LogP contribution in [-0.2, 0) is 10.0 Å². The van der Waals surface area contributed by atoms with Crippen LogP contribution in [0, 0.1) is 10.1 Å². The highest BCUT2D eigenvalue weighted by atomic mass is 32.2. The van der Waals surface area contributed by atoms with Crippen LogP contribution in [0.3, 0.4) is 0 Å². The van der Waals surface area contributed by atoms with Gasteiger partial charge < -0.3 is 0 Å². The molecule has 0 saturated carbocycles. The Kier molecular flexibility index (Phi) is 3.86. The van der Waals surface area contributed by atoms with E-state index in [0.29, 0.717) is 6.54 Å². The summed E-state index contributed by atoms with van der Waals surface area (Å²) in [7, 11) is -3.64. The molecular weight excluding hydrogens is 268 g/mol. The van der Waals surface area contributed by atoms with Crippen molar-refractivity contribution in [3.05, 3.63) is 34.4 Å². The summed E-state index contributed by atoms with van der Waals surface area (Å²) in [4.78, 5) is 10.1. The van der Waals surface area contributed by atoms with Crippen molar-refractivity contribution in [2.24, 2.45) is 0 Å². The second-order valence-electron chi connectivity index (χ2n) is 4.72. The van der Waals surface area contributed by atoms with Gasteiger partial charge in [0.25, 0.3) is 5.69 Å². The Morgan fingerprint density at radius 3 is 2.74 bits per heavy atom. The minimum Gasteiger partial charge on any atom is -0.258 e. The van der Waals surface area contributed by atoms with Crippen LogP contribution in [-0.4, -0.2) is 30.2 Å². The summed E-state index contributed by atoms with van der Waals surface area (Å²) in [6, 6.07) is 5.16. The van der Waals surface area contributed by atoms with E-state index in [-0.39, 0.29) is 16.6 Å². The topological polar surface area (TPSA) is 80.5 Å². The van der Waals surface area contributed by atoms with Gasteiger partial charge in [0.1, 0.15) is 0 Å². The van der Waals surface area contributed by atoms with E-state index < -0.39 is 14.9 Å². The lowest BCUT2D eigenvalue weighted by atomic mass is 10.1. The lowest BCUT2D eigenvalue weighted by Crippen LogP contribution is -2.41. The van der Waals surface area contributed by atoms with Crippen molar-refractivity contribution < 1.29 is 13.3 Å². The van der Waals surface area contributed by atoms with E-state index >= 15 is 0 Å². The van der Waals surface area contributed by atoms with E-state index in [4.69, 9.17) is 0 Å². The van der Waals surface area contributed by atoms with Crippen LogP contribution in [0.2, 0.25) is 0 Å². The summed E-state index contributed by atoms with van der Waals surface area (Å²) < 4.78 is 26.4. The molecule has 1 aromatic carbocycles. The third-order valence-electron chi connectivity index (χ3n) is 3.38. The molecule has 7 heteroatoms. The Morgan fingerprint density at radius 2 is 2.11 bits per heavy atom. The van der Waals surface area contributed by atoms with E-state index in [1.54, 1.807) is 0 Å². The quantitative estimate of drug-likeness (QED) is 0.629. The second-order valence-corrected chi connectivity index (χ2v) is 6.61. The third-order valence-corrected chi connectivity index (χ3v) is 5.39. The number of hydrogen-bond donors (Lipinski definition) is 0. The van der Waals surface area contributed by atoms with Crippen molar-refractivity contribution >= 4 is 15.7 Å². The summed E-state index contributed by atoms with van der Waals surface area (Å²) in [5, 5.41) is 10.7. The molecule has 0 N–H and O–H groups in total. The highest BCUT2D eigenvalue weighted by molar-refractivity contribution is 7.89. The molecule has 1 aliphatic heterocycles. The van der Waals surface area contributed by atoms with Crippen LogP contribution in [0.4, 0.5) is 5.69 Å². The zero-order valence-corrected chi connectivity index (χ0v) is 11.5. The minimum atomic E-state index is -3.64. The van der Waals surface area contributed by atoms with Crippen molar-refractivity contribution in [1.29, 1.82) is 0 Å². The first-order chi connectivity index (χ1) is 8.93. The summed E-state index contributed by atoms with van der Waals surface area (Å²) in [6.07, 6.45) is 2.68. The first-order valence-electron chi connectivity index (χ1n) is 6.19. The molecule has 2 rings (SSSR count). The molecule has 1 aromatic rings. The van der Waals surface area contributed by atoms with Crippen LogP contribution in [0.25, 0.3) is 0 Å². The summed E-state index contributed by atoms with van der Waals surface area (Å²) >= 11 is 0. The predicted molar refractivity (Wildman–Crippen MR) is 70.3 cm³/mol. The van der Waals surface area contributed by atoms with Crippen molar-refractivity contribution in [1.82, 2.24) is 4.31 Å². The van der Waals surface area contributed by atoms with Gasteiger partial charge in [-0.15, -0.1) is 0 Å². The highest BCUT2D eigenvalue weighted by Crippen LogP contribution is 2.26. The number of non-ortho nitro benzene ring substituents is 1. The van der Waals surface area contributed by atoms with Crippen molar-refractivity contribution in [3.8, 4) is 0 Å². The van der Waals surface area contributed by atoms with Crippen LogP contribution >= 0.6 is 0 Å². The zero-order chi connectivity index (χ0) is 14.0. The Morgan fingerprint density at radius 1 is 1.37 bits per heavy atom. The third kappa shape index (κ3) is 2.76. The van der Waals surface area contributed by atoms with Gasteiger partial charge in [0.15, 0.2) is 0 Å². The molecular formula is C12H16N2O4S. The molecule has 1 atom stereocenters. The van der Waals surface area contributed by atoms with E-state index in [1.807, 2.05) is 6.92 Å². The van der Waals surface area contributed by atoms with Gasteiger partial charge >= 0.3 is 0 Å². The fraction of sp³-hybridized carbons (Fsp3) is 0.500. The number of nitrogens with zero attached hydrogens (tertiary/aromatic N) is 2. The Balaban J connectivity index is 2.38. The molecule has 0 radical (unpaired) electrons. The molecule has 1 aliphatic rings. The Bertz CT molecular complexity index is 585. The first kappa shape index (κ1) is 14.0. The fourth-order valence-corrected chi connectivity index (χ4v) is 4.06. The molecule has 1 heterocycles. The van der Waals surface area contributed by atoms with Crippen LogP contribution in [0.1, 0.15) is 26.2 Å².